The van der Waals surface area contributed by atoms with Gasteiger partial charge in [-0.05, 0) is 55.3 Å². The molecule has 0 saturated carbocycles. The Labute approximate surface area is 160 Å². The number of nitrogens with one attached hydrogen (secondary N) is 1. The van der Waals surface area contributed by atoms with E-state index in [9.17, 15) is 13.2 Å². The molecule has 0 fully saturated rings. The molecule has 0 radical (unpaired) electrons. The minimum absolute atomic E-state index is 0.147. The molecular weight excluding hydrogens is 364 g/mol. The fraction of sp³-hybridized carbons (Fsp3) is 0.250. The number of anilines is 1. The highest BCUT2D eigenvalue weighted by atomic mass is 32.2. The van der Waals surface area contributed by atoms with Gasteiger partial charge in [-0.2, -0.15) is 0 Å². The van der Waals surface area contributed by atoms with Gasteiger partial charge in [0.25, 0.3) is 0 Å². The number of hydrogen-bond acceptors (Lipinski definition) is 4. The van der Waals surface area contributed by atoms with Crippen LogP contribution >= 0.6 is 0 Å². The Morgan fingerprint density at radius 1 is 1.19 bits per heavy atom. The van der Waals surface area contributed by atoms with Crippen LogP contribution in [0.3, 0.4) is 0 Å². The molecule has 0 aliphatic rings. The average Bonchev–Trinajstić information content (AvgIpc) is 2.64. The SMILES string of the molecule is CCN(CCNS(=O)(=O)c1ccc(C=CC(=O)O)cc1)c1cccc(C)c1. The molecule has 2 rings (SSSR count). The van der Waals surface area contributed by atoms with Gasteiger partial charge in [-0.3, -0.25) is 0 Å². The maximum absolute atomic E-state index is 12.4. The lowest BCUT2D eigenvalue weighted by Crippen LogP contribution is -2.35. The summed E-state index contributed by atoms with van der Waals surface area (Å²) in [6, 6.07) is 14.1. The summed E-state index contributed by atoms with van der Waals surface area (Å²) in [6.45, 7) is 5.66. The normalized spacial score (nSPS) is 11.6. The first kappa shape index (κ1) is 20.7. The second-order valence-electron chi connectivity index (χ2n) is 6.06. The van der Waals surface area contributed by atoms with Crippen LogP contribution in [0.5, 0.6) is 0 Å². The lowest BCUT2D eigenvalue weighted by atomic mass is 10.2. The Bertz CT molecular complexity index is 906. The number of carboxylic acid groups (broad SMARTS) is 1. The number of carboxylic acids is 1. The van der Waals surface area contributed by atoms with Gasteiger partial charge in [0.15, 0.2) is 0 Å². The average molecular weight is 388 g/mol. The molecule has 27 heavy (non-hydrogen) atoms. The van der Waals surface area contributed by atoms with Gasteiger partial charge in [0.2, 0.25) is 10.0 Å². The van der Waals surface area contributed by atoms with Crippen LogP contribution in [-0.2, 0) is 14.8 Å². The Hall–Kier alpha value is -2.64. The van der Waals surface area contributed by atoms with E-state index < -0.39 is 16.0 Å². The van der Waals surface area contributed by atoms with Crippen molar-refractivity contribution in [2.45, 2.75) is 18.7 Å². The zero-order chi connectivity index (χ0) is 19.9. The summed E-state index contributed by atoms with van der Waals surface area (Å²) < 4.78 is 27.5. The molecule has 2 aromatic carbocycles. The Morgan fingerprint density at radius 2 is 1.89 bits per heavy atom. The molecule has 0 amide bonds. The molecule has 0 aliphatic heterocycles. The number of aryl methyl sites for hydroxylation is 1. The zero-order valence-electron chi connectivity index (χ0n) is 15.4. The third kappa shape index (κ3) is 6.23. The van der Waals surface area contributed by atoms with Crippen LogP contribution in [0.15, 0.2) is 59.5 Å². The summed E-state index contributed by atoms with van der Waals surface area (Å²) in [5.41, 5.74) is 2.84. The number of likely N-dealkylation sites (N-methyl/N-ethyl adjacent to an activating group) is 1. The van der Waals surface area contributed by atoms with E-state index in [0.717, 1.165) is 23.9 Å². The number of carbonyl (C=O) groups is 1. The molecule has 2 N–H and O–H groups in total. The third-order valence-electron chi connectivity index (χ3n) is 4.03. The Morgan fingerprint density at radius 3 is 2.48 bits per heavy atom. The Balaban J connectivity index is 1.98. The largest absolute Gasteiger partial charge is 0.478 e. The van der Waals surface area contributed by atoms with Crippen molar-refractivity contribution in [2.24, 2.45) is 0 Å². The molecular formula is C20H24N2O4S. The van der Waals surface area contributed by atoms with E-state index in [1.54, 1.807) is 12.1 Å². The summed E-state index contributed by atoms with van der Waals surface area (Å²) in [6.07, 6.45) is 2.42. The van der Waals surface area contributed by atoms with E-state index in [-0.39, 0.29) is 11.4 Å². The third-order valence-corrected chi connectivity index (χ3v) is 5.51. The van der Waals surface area contributed by atoms with Crippen LogP contribution in [-0.4, -0.2) is 39.1 Å². The van der Waals surface area contributed by atoms with E-state index in [4.69, 9.17) is 5.11 Å². The first-order valence-corrected chi connectivity index (χ1v) is 10.1. The van der Waals surface area contributed by atoms with Crippen molar-refractivity contribution in [3.05, 3.63) is 65.7 Å². The molecule has 0 saturated heterocycles. The van der Waals surface area contributed by atoms with Gasteiger partial charge >= 0.3 is 5.97 Å². The van der Waals surface area contributed by atoms with Gasteiger partial charge in [0.1, 0.15) is 0 Å². The number of aliphatic carboxylic acids is 1. The standard InChI is InChI=1S/C20H24N2O4S/c1-3-22(18-6-4-5-16(2)15-18)14-13-21-27(25,26)19-10-7-17(8-11-19)9-12-20(23)24/h4-12,15,21H,3,13-14H2,1-2H3,(H,23,24). The summed E-state index contributed by atoms with van der Waals surface area (Å²) >= 11 is 0. The van der Waals surface area contributed by atoms with E-state index in [2.05, 4.69) is 15.7 Å². The molecule has 0 aromatic heterocycles. The number of hydrogen-bond donors (Lipinski definition) is 2. The second-order valence-corrected chi connectivity index (χ2v) is 7.82. The molecule has 0 aliphatic carbocycles. The lowest BCUT2D eigenvalue weighted by molar-refractivity contribution is -0.131. The number of nitrogens with zero attached hydrogens (tertiary/aromatic N) is 1. The lowest BCUT2D eigenvalue weighted by Gasteiger charge is -2.23. The molecule has 0 unspecified atom stereocenters. The first-order valence-electron chi connectivity index (χ1n) is 8.64. The molecule has 144 valence electrons. The highest BCUT2D eigenvalue weighted by Gasteiger charge is 2.14. The first-order chi connectivity index (χ1) is 12.8. The van der Waals surface area contributed by atoms with Gasteiger partial charge in [0, 0.05) is 31.4 Å². The fourth-order valence-electron chi connectivity index (χ4n) is 2.62. The molecule has 0 heterocycles. The van der Waals surface area contributed by atoms with E-state index in [1.807, 2.05) is 32.0 Å². The van der Waals surface area contributed by atoms with Gasteiger partial charge < -0.3 is 10.0 Å². The van der Waals surface area contributed by atoms with E-state index >= 15 is 0 Å². The summed E-state index contributed by atoms with van der Waals surface area (Å²) in [5, 5.41) is 8.62. The van der Waals surface area contributed by atoms with Gasteiger partial charge in [-0.15, -0.1) is 0 Å². The molecule has 0 bridgehead atoms. The maximum atomic E-state index is 12.4. The Kier molecular flexibility index (Phi) is 7.15. The molecule has 6 nitrogen and oxygen atoms in total. The smallest absolute Gasteiger partial charge is 0.328 e. The summed E-state index contributed by atoms with van der Waals surface area (Å²) in [5.74, 6) is -1.05. The molecule has 0 spiro atoms. The summed E-state index contributed by atoms with van der Waals surface area (Å²) in [7, 11) is -3.62. The van der Waals surface area contributed by atoms with Crippen LogP contribution < -0.4 is 9.62 Å². The zero-order valence-corrected chi connectivity index (χ0v) is 16.2. The van der Waals surface area contributed by atoms with Crippen molar-refractivity contribution >= 4 is 27.8 Å². The monoisotopic (exact) mass is 388 g/mol. The van der Waals surface area contributed by atoms with Crippen molar-refractivity contribution in [3.63, 3.8) is 0 Å². The number of benzene rings is 2. The van der Waals surface area contributed by atoms with Crippen LogP contribution in [0, 0.1) is 6.92 Å². The van der Waals surface area contributed by atoms with E-state index in [0.29, 0.717) is 12.1 Å². The number of sulfonamides is 1. The van der Waals surface area contributed by atoms with Gasteiger partial charge in [-0.25, -0.2) is 17.9 Å². The summed E-state index contributed by atoms with van der Waals surface area (Å²) in [4.78, 5) is 12.8. The van der Waals surface area contributed by atoms with Gasteiger partial charge in [-0.1, -0.05) is 24.3 Å². The predicted octanol–water partition coefficient (Wildman–Crippen LogP) is 2.90. The molecule has 2 aromatic rings. The molecule has 0 atom stereocenters. The van der Waals surface area contributed by atoms with Crippen molar-refractivity contribution < 1.29 is 18.3 Å². The van der Waals surface area contributed by atoms with Crippen molar-refractivity contribution in [1.82, 2.24) is 4.72 Å². The minimum Gasteiger partial charge on any atom is -0.478 e. The van der Waals surface area contributed by atoms with Crippen molar-refractivity contribution in [3.8, 4) is 0 Å². The van der Waals surface area contributed by atoms with Crippen LogP contribution in [0.25, 0.3) is 6.08 Å². The number of rotatable bonds is 9. The van der Waals surface area contributed by atoms with Crippen LogP contribution in [0.2, 0.25) is 0 Å². The highest BCUT2D eigenvalue weighted by molar-refractivity contribution is 7.89. The van der Waals surface area contributed by atoms with Crippen molar-refractivity contribution in [1.29, 1.82) is 0 Å². The second kappa shape index (κ2) is 9.34. The quantitative estimate of drug-likeness (QED) is 0.645. The molecule has 7 heteroatoms. The van der Waals surface area contributed by atoms with Gasteiger partial charge in [0.05, 0.1) is 4.90 Å². The van der Waals surface area contributed by atoms with Crippen LogP contribution in [0.1, 0.15) is 18.1 Å². The van der Waals surface area contributed by atoms with E-state index in [1.165, 1.54) is 18.2 Å². The van der Waals surface area contributed by atoms with Crippen molar-refractivity contribution in [2.75, 3.05) is 24.5 Å². The fourth-order valence-corrected chi connectivity index (χ4v) is 3.64. The predicted molar refractivity (Wildman–Crippen MR) is 107 cm³/mol. The topological polar surface area (TPSA) is 86.7 Å². The maximum Gasteiger partial charge on any atom is 0.328 e. The highest BCUT2D eigenvalue weighted by Crippen LogP contribution is 2.15. The van der Waals surface area contributed by atoms with Crippen LogP contribution in [0.4, 0.5) is 5.69 Å². The minimum atomic E-state index is -3.62.